The van der Waals surface area contributed by atoms with Crippen LogP contribution in [0.15, 0.2) is 206 Å². The SMILES string of the molecule is c1ccc(-c2ccc(-n3c4ccccc4c4cc(-c5cc6sc7ccccc7c6c6c5c5ccccc5n6-c5cccc(-c6ccccc6)c5)ccc43)cc2)cc1. The van der Waals surface area contributed by atoms with Crippen LogP contribution in [0.4, 0.5) is 0 Å². The number of nitrogens with zero attached hydrogens (tertiary/aromatic N) is 2. The summed E-state index contributed by atoms with van der Waals surface area (Å²) >= 11 is 1.89. The lowest BCUT2D eigenvalue weighted by Crippen LogP contribution is -1.95. The van der Waals surface area contributed by atoms with Crippen LogP contribution in [0.3, 0.4) is 0 Å². The van der Waals surface area contributed by atoms with Crippen molar-refractivity contribution in [1.82, 2.24) is 9.13 Å². The monoisotopic (exact) mass is 742 g/mol. The quantitative estimate of drug-likeness (QED) is 0.166. The number of benzene rings is 9. The molecular formula is C54H34N2S. The molecule has 0 spiro atoms. The van der Waals surface area contributed by atoms with E-state index in [-0.39, 0.29) is 0 Å². The molecule has 0 fully saturated rings. The van der Waals surface area contributed by atoms with Crippen molar-refractivity contribution < 1.29 is 0 Å². The molecular weight excluding hydrogens is 709 g/mol. The average Bonchev–Trinajstić information content (AvgIpc) is 3.94. The maximum Gasteiger partial charge on any atom is 0.0640 e. The molecule has 3 aromatic heterocycles. The molecule has 9 aromatic carbocycles. The first kappa shape index (κ1) is 32.1. The van der Waals surface area contributed by atoms with Crippen molar-refractivity contribution in [1.29, 1.82) is 0 Å². The van der Waals surface area contributed by atoms with E-state index in [9.17, 15) is 0 Å². The lowest BCUT2D eigenvalue weighted by Gasteiger charge is -2.13. The Bertz CT molecular complexity index is 3490. The molecule has 3 heteroatoms. The molecule has 0 aliphatic heterocycles. The highest BCUT2D eigenvalue weighted by atomic mass is 32.1. The summed E-state index contributed by atoms with van der Waals surface area (Å²) in [5, 5.41) is 7.65. The van der Waals surface area contributed by atoms with Crippen LogP contribution in [-0.4, -0.2) is 9.13 Å². The molecule has 12 rings (SSSR count). The standard InChI is InChI=1S/C54H34N2S/c1-3-14-35(15-4-1)37-26-29-40(30-27-37)55-47-23-10-7-20-42(47)46-33-39(28-31-49(46)55)45-34-51-53(44-22-9-12-25-50(44)57-51)54-52(45)43-21-8-11-24-48(43)56(54)41-19-13-18-38(32-41)36-16-5-2-6-17-36/h1-34H. The van der Waals surface area contributed by atoms with Crippen molar-refractivity contribution in [2.24, 2.45) is 0 Å². The van der Waals surface area contributed by atoms with Gasteiger partial charge in [0.15, 0.2) is 0 Å². The van der Waals surface area contributed by atoms with Crippen LogP contribution in [0.2, 0.25) is 0 Å². The summed E-state index contributed by atoms with van der Waals surface area (Å²) in [6.07, 6.45) is 0. The predicted molar refractivity (Wildman–Crippen MR) is 244 cm³/mol. The Balaban J connectivity index is 1.13. The zero-order chi connectivity index (χ0) is 37.5. The van der Waals surface area contributed by atoms with Gasteiger partial charge in [0.25, 0.3) is 0 Å². The third-order valence-corrected chi connectivity index (χ3v) is 12.8. The molecule has 0 aliphatic carbocycles. The second-order valence-corrected chi connectivity index (χ2v) is 16.0. The summed E-state index contributed by atoms with van der Waals surface area (Å²) < 4.78 is 7.53. The minimum absolute atomic E-state index is 1.16. The summed E-state index contributed by atoms with van der Waals surface area (Å²) in [5.41, 5.74) is 14.5. The van der Waals surface area contributed by atoms with Gasteiger partial charge >= 0.3 is 0 Å². The van der Waals surface area contributed by atoms with E-state index >= 15 is 0 Å². The minimum atomic E-state index is 1.16. The van der Waals surface area contributed by atoms with E-state index in [2.05, 4.69) is 215 Å². The second-order valence-electron chi connectivity index (χ2n) is 14.9. The molecule has 0 atom stereocenters. The molecule has 266 valence electrons. The lowest BCUT2D eigenvalue weighted by molar-refractivity contribution is 1.18. The smallest absolute Gasteiger partial charge is 0.0640 e. The van der Waals surface area contributed by atoms with Crippen LogP contribution in [0.5, 0.6) is 0 Å². The van der Waals surface area contributed by atoms with Crippen molar-refractivity contribution in [2.45, 2.75) is 0 Å². The van der Waals surface area contributed by atoms with Gasteiger partial charge in [-0.25, -0.2) is 0 Å². The van der Waals surface area contributed by atoms with E-state index in [1.54, 1.807) is 0 Å². The third-order valence-electron chi connectivity index (χ3n) is 11.7. The van der Waals surface area contributed by atoms with Gasteiger partial charge in [-0.05, 0) is 94.0 Å². The number of para-hydroxylation sites is 2. The van der Waals surface area contributed by atoms with Gasteiger partial charge in [0.2, 0.25) is 0 Å². The summed E-state index contributed by atoms with van der Waals surface area (Å²) in [6, 6.07) is 75.6. The highest BCUT2D eigenvalue weighted by molar-refractivity contribution is 7.26. The summed E-state index contributed by atoms with van der Waals surface area (Å²) in [7, 11) is 0. The van der Waals surface area contributed by atoms with E-state index in [4.69, 9.17) is 0 Å². The molecule has 0 saturated heterocycles. The first-order valence-electron chi connectivity index (χ1n) is 19.5. The fourth-order valence-corrected chi connectivity index (χ4v) is 10.3. The first-order chi connectivity index (χ1) is 28.3. The molecule has 12 aromatic rings. The van der Waals surface area contributed by atoms with Crippen molar-refractivity contribution in [3.63, 3.8) is 0 Å². The molecule has 0 unspecified atom stereocenters. The molecule has 0 amide bonds. The number of hydrogen-bond acceptors (Lipinski definition) is 1. The third kappa shape index (κ3) is 4.96. The summed E-state index contributed by atoms with van der Waals surface area (Å²) in [4.78, 5) is 0. The fraction of sp³-hybridized carbons (Fsp3) is 0. The predicted octanol–water partition coefficient (Wildman–Crippen LogP) is 15.2. The number of hydrogen-bond donors (Lipinski definition) is 0. The molecule has 0 N–H and O–H groups in total. The average molecular weight is 743 g/mol. The lowest BCUT2D eigenvalue weighted by atomic mass is 9.96. The molecule has 0 aliphatic rings. The zero-order valence-electron chi connectivity index (χ0n) is 30.9. The van der Waals surface area contributed by atoms with E-state index in [1.165, 1.54) is 97.2 Å². The van der Waals surface area contributed by atoms with Gasteiger partial charge in [-0.2, -0.15) is 0 Å². The molecule has 0 radical (unpaired) electrons. The van der Waals surface area contributed by atoms with Gasteiger partial charge in [0.1, 0.15) is 0 Å². The highest BCUT2D eigenvalue weighted by Crippen LogP contribution is 2.48. The van der Waals surface area contributed by atoms with E-state index < -0.39 is 0 Å². The Morgan fingerprint density at radius 1 is 0.298 bits per heavy atom. The van der Waals surface area contributed by atoms with Gasteiger partial charge in [0.05, 0.1) is 22.1 Å². The summed E-state index contributed by atoms with van der Waals surface area (Å²) in [5.74, 6) is 0. The van der Waals surface area contributed by atoms with Crippen LogP contribution in [0, 0.1) is 0 Å². The molecule has 2 nitrogen and oxygen atoms in total. The normalized spacial score (nSPS) is 11.9. The number of aromatic nitrogens is 2. The van der Waals surface area contributed by atoms with Crippen LogP contribution < -0.4 is 0 Å². The van der Waals surface area contributed by atoms with Gasteiger partial charge in [0, 0.05) is 53.1 Å². The maximum atomic E-state index is 2.52. The van der Waals surface area contributed by atoms with Crippen LogP contribution in [0.25, 0.3) is 109 Å². The molecule has 57 heavy (non-hydrogen) atoms. The first-order valence-corrected chi connectivity index (χ1v) is 20.3. The Morgan fingerprint density at radius 3 is 1.65 bits per heavy atom. The second kappa shape index (κ2) is 12.7. The molecule has 0 saturated carbocycles. The van der Waals surface area contributed by atoms with Gasteiger partial charge in [-0.15, -0.1) is 11.3 Å². The largest absolute Gasteiger partial charge is 0.309 e. The van der Waals surface area contributed by atoms with Gasteiger partial charge in [-0.1, -0.05) is 146 Å². The van der Waals surface area contributed by atoms with Crippen LogP contribution >= 0.6 is 11.3 Å². The van der Waals surface area contributed by atoms with E-state index in [0.717, 1.165) is 11.4 Å². The minimum Gasteiger partial charge on any atom is -0.309 e. The van der Waals surface area contributed by atoms with Crippen molar-refractivity contribution in [3.8, 4) is 44.8 Å². The van der Waals surface area contributed by atoms with E-state index in [0.29, 0.717) is 0 Å². The van der Waals surface area contributed by atoms with Crippen molar-refractivity contribution in [3.05, 3.63) is 206 Å². The van der Waals surface area contributed by atoms with Gasteiger partial charge in [-0.3, -0.25) is 0 Å². The Hall–Kier alpha value is -7.20. The number of thiophene rings is 1. The van der Waals surface area contributed by atoms with Crippen molar-refractivity contribution >= 4 is 75.1 Å². The summed E-state index contributed by atoms with van der Waals surface area (Å²) in [6.45, 7) is 0. The Morgan fingerprint density at radius 2 is 0.877 bits per heavy atom. The highest BCUT2D eigenvalue weighted by Gasteiger charge is 2.23. The number of fused-ring (bicyclic) bond motifs is 10. The zero-order valence-corrected chi connectivity index (χ0v) is 31.7. The Labute approximate surface area is 333 Å². The Kier molecular flexibility index (Phi) is 7.13. The van der Waals surface area contributed by atoms with Crippen LogP contribution in [-0.2, 0) is 0 Å². The van der Waals surface area contributed by atoms with Crippen LogP contribution in [0.1, 0.15) is 0 Å². The van der Waals surface area contributed by atoms with Gasteiger partial charge < -0.3 is 9.13 Å². The number of rotatable bonds is 5. The molecule has 0 bridgehead atoms. The molecule has 3 heterocycles. The van der Waals surface area contributed by atoms with Crippen molar-refractivity contribution in [2.75, 3.05) is 0 Å². The van der Waals surface area contributed by atoms with E-state index in [1.807, 2.05) is 11.3 Å². The maximum absolute atomic E-state index is 2.52. The topological polar surface area (TPSA) is 9.86 Å². The fourth-order valence-electron chi connectivity index (χ4n) is 9.17.